The van der Waals surface area contributed by atoms with Gasteiger partial charge in [-0.05, 0) is 20.3 Å². The normalized spacial score (nSPS) is 12.7. The molecular formula is C17H30O6. The lowest BCUT2D eigenvalue weighted by atomic mass is 9.75. The van der Waals surface area contributed by atoms with Crippen molar-refractivity contribution < 1.29 is 29.3 Å². The Hall–Kier alpha value is -1.27. The molecule has 0 aliphatic heterocycles. The van der Waals surface area contributed by atoms with Gasteiger partial charge in [-0.3, -0.25) is 14.4 Å². The molecule has 0 fully saturated rings. The van der Waals surface area contributed by atoms with Crippen molar-refractivity contribution in [2.75, 3.05) is 13.2 Å². The molecule has 134 valence electrons. The number of carbonyl (C=O) groups excluding carboxylic acids is 3. The second-order valence-corrected chi connectivity index (χ2v) is 5.97. The molecule has 0 radical (unpaired) electrons. The Labute approximate surface area is 138 Å². The molecule has 0 aliphatic carbocycles. The molecule has 1 atom stereocenters. The van der Waals surface area contributed by atoms with Crippen molar-refractivity contribution in [1.29, 1.82) is 0 Å². The molecule has 0 heterocycles. The van der Waals surface area contributed by atoms with Gasteiger partial charge >= 0.3 is 5.97 Å². The number of hydrogen-bond donors (Lipinski definition) is 2. The van der Waals surface area contributed by atoms with Crippen molar-refractivity contribution in [3.63, 3.8) is 0 Å². The maximum Gasteiger partial charge on any atom is 0.327 e. The van der Waals surface area contributed by atoms with Crippen molar-refractivity contribution >= 4 is 17.5 Å². The Morgan fingerprint density at radius 1 is 1.00 bits per heavy atom. The first kappa shape index (κ1) is 21.7. The zero-order valence-electron chi connectivity index (χ0n) is 14.5. The van der Waals surface area contributed by atoms with Gasteiger partial charge in [-0.2, -0.15) is 0 Å². The second kappa shape index (κ2) is 11.3. The molecule has 0 aliphatic rings. The quantitative estimate of drug-likeness (QED) is 0.303. The number of Topliss-reactive ketones (excluding diaryl/α,β-unsaturated/α-hetero) is 2. The van der Waals surface area contributed by atoms with E-state index in [0.29, 0.717) is 6.42 Å². The van der Waals surface area contributed by atoms with Crippen LogP contribution >= 0.6 is 0 Å². The van der Waals surface area contributed by atoms with E-state index in [2.05, 4.69) is 6.92 Å². The summed E-state index contributed by atoms with van der Waals surface area (Å²) in [6.45, 7) is 3.55. The van der Waals surface area contributed by atoms with Crippen LogP contribution in [0.15, 0.2) is 0 Å². The minimum Gasteiger partial charge on any atom is -0.462 e. The van der Waals surface area contributed by atoms with Gasteiger partial charge in [0.25, 0.3) is 0 Å². The van der Waals surface area contributed by atoms with Gasteiger partial charge in [0.2, 0.25) is 0 Å². The van der Waals surface area contributed by atoms with Crippen LogP contribution in [0.1, 0.15) is 65.7 Å². The topological polar surface area (TPSA) is 101 Å². The van der Waals surface area contributed by atoms with Crippen LogP contribution in [-0.2, 0) is 19.1 Å². The fourth-order valence-corrected chi connectivity index (χ4v) is 2.51. The van der Waals surface area contributed by atoms with E-state index in [1.54, 1.807) is 0 Å². The lowest BCUT2D eigenvalue weighted by Crippen LogP contribution is -2.46. The van der Waals surface area contributed by atoms with E-state index in [9.17, 15) is 19.5 Å². The van der Waals surface area contributed by atoms with Crippen LogP contribution in [0, 0.1) is 5.41 Å². The molecule has 0 saturated carbocycles. The van der Waals surface area contributed by atoms with Crippen LogP contribution in [0.25, 0.3) is 0 Å². The molecule has 0 bridgehead atoms. The van der Waals surface area contributed by atoms with Gasteiger partial charge in [-0.1, -0.05) is 45.4 Å². The molecule has 23 heavy (non-hydrogen) atoms. The third kappa shape index (κ3) is 6.79. The summed E-state index contributed by atoms with van der Waals surface area (Å²) in [5, 5.41) is 18.0. The van der Waals surface area contributed by atoms with Gasteiger partial charge in [0.05, 0.1) is 6.61 Å². The first-order valence-corrected chi connectivity index (χ1v) is 8.31. The Kier molecular flexibility index (Phi) is 10.7. The summed E-state index contributed by atoms with van der Waals surface area (Å²) in [5.41, 5.74) is -1.79. The smallest absolute Gasteiger partial charge is 0.327 e. The zero-order valence-corrected chi connectivity index (χ0v) is 14.5. The molecule has 0 aromatic rings. The number of ketones is 2. The highest BCUT2D eigenvalue weighted by Gasteiger charge is 2.49. The summed E-state index contributed by atoms with van der Waals surface area (Å²) >= 11 is 0. The van der Waals surface area contributed by atoms with Gasteiger partial charge in [0.1, 0.15) is 12.7 Å². The maximum atomic E-state index is 12.3. The predicted molar refractivity (Wildman–Crippen MR) is 85.8 cm³/mol. The molecule has 0 rings (SSSR count). The number of rotatable bonds is 13. The van der Waals surface area contributed by atoms with Gasteiger partial charge in [0, 0.05) is 0 Å². The molecule has 0 spiro atoms. The summed E-state index contributed by atoms with van der Waals surface area (Å²) in [4.78, 5) is 36.3. The van der Waals surface area contributed by atoms with Crippen molar-refractivity contribution in [2.45, 2.75) is 71.8 Å². The highest BCUT2D eigenvalue weighted by Crippen LogP contribution is 2.30. The Bertz CT molecular complexity index is 377. The summed E-state index contributed by atoms with van der Waals surface area (Å²) < 4.78 is 4.89. The second-order valence-electron chi connectivity index (χ2n) is 5.97. The highest BCUT2D eigenvalue weighted by atomic mass is 16.5. The van der Waals surface area contributed by atoms with Gasteiger partial charge in [0.15, 0.2) is 17.0 Å². The van der Waals surface area contributed by atoms with E-state index in [0.717, 1.165) is 32.1 Å². The maximum absolute atomic E-state index is 12.3. The number of carbonyl (C=O) groups is 3. The van der Waals surface area contributed by atoms with E-state index in [1.807, 2.05) is 0 Å². The molecule has 0 saturated heterocycles. The zero-order chi connectivity index (χ0) is 17.9. The average Bonchev–Trinajstić information content (AvgIpc) is 2.50. The van der Waals surface area contributed by atoms with Gasteiger partial charge in [-0.15, -0.1) is 0 Å². The van der Waals surface area contributed by atoms with E-state index >= 15 is 0 Å². The van der Waals surface area contributed by atoms with Crippen molar-refractivity contribution in [1.82, 2.24) is 0 Å². The summed E-state index contributed by atoms with van der Waals surface area (Å²) in [6.07, 6.45) is 4.70. The summed E-state index contributed by atoms with van der Waals surface area (Å²) in [7, 11) is 0. The monoisotopic (exact) mass is 330 g/mol. The summed E-state index contributed by atoms with van der Waals surface area (Å²) in [5.74, 6) is -2.01. The third-order valence-corrected chi connectivity index (χ3v) is 4.07. The number of ether oxygens (including phenoxy) is 1. The molecule has 1 unspecified atom stereocenters. The third-order valence-electron chi connectivity index (χ3n) is 4.07. The van der Waals surface area contributed by atoms with E-state index < -0.39 is 42.3 Å². The van der Waals surface area contributed by atoms with Crippen LogP contribution in [0.5, 0.6) is 0 Å². The van der Waals surface area contributed by atoms with E-state index in [-0.39, 0.29) is 6.42 Å². The van der Waals surface area contributed by atoms with Crippen LogP contribution in [0.4, 0.5) is 0 Å². The number of hydrogen-bond acceptors (Lipinski definition) is 6. The van der Waals surface area contributed by atoms with Crippen LogP contribution in [0.2, 0.25) is 0 Å². The molecule has 6 nitrogen and oxygen atoms in total. The van der Waals surface area contributed by atoms with E-state index in [4.69, 9.17) is 9.84 Å². The lowest BCUT2D eigenvalue weighted by Gasteiger charge is -2.26. The first-order chi connectivity index (χ1) is 10.8. The van der Waals surface area contributed by atoms with Crippen LogP contribution in [-0.4, -0.2) is 47.1 Å². The fraction of sp³-hybridized carbons (Fsp3) is 0.824. The summed E-state index contributed by atoms with van der Waals surface area (Å²) in [6, 6.07) is 0. The predicted octanol–water partition coefficient (Wildman–Crippen LogP) is 1.80. The number of aliphatic hydroxyl groups is 2. The lowest BCUT2D eigenvalue weighted by molar-refractivity contribution is -0.166. The van der Waals surface area contributed by atoms with Crippen LogP contribution in [0.3, 0.4) is 0 Å². The van der Waals surface area contributed by atoms with Gasteiger partial charge in [-0.25, -0.2) is 0 Å². The minimum atomic E-state index is -1.79. The highest BCUT2D eigenvalue weighted by molar-refractivity contribution is 6.21. The standard InChI is InChI=1S/C17H30O6/c1-4-5-6-7-8-9-10-17(13(2)19,14(3)20)16(22)23-12-15(21)11-18/h15,18,21H,4-12H2,1-3H3. The van der Waals surface area contributed by atoms with Crippen LogP contribution < -0.4 is 0 Å². The molecule has 0 aromatic heterocycles. The van der Waals surface area contributed by atoms with Crippen molar-refractivity contribution in [3.05, 3.63) is 0 Å². The molecular weight excluding hydrogens is 300 g/mol. The van der Waals surface area contributed by atoms with Crippen molar-refractivity contribution in [2.24, 2.45) is 5.41 Å². The SMILES string of the molecule is CCCCCCCCC(C(C)=O)(C(C)=O)C(=O)OCC(O)CO. The first-order valence-electron chi connectivity index (χ1n) is 8.31. The van der Waals surface area contributed by atoms with E-state index in [1.165, 1.54) is 13.8 Å². The number of unbranched alkanes of at least 4 members (excludes halogenated alkanes) is 5. The Morgan fingerprint density at radius 3 is 2.00 bits per heavy atom. The largest absolute Gasteiger partial charge is 0.462 e. The average molecular weight is 330 g/mol. The number of aliphatic hydroxyl groups excluding tert-OH is 2. The Balaban J connectivity index is 4.79. The molecule has 6 heteroatoms. The molecule has 0 aromatic carbocycles. The van der Waals surface area contributed by atoms with Crippen molar-refractivity contribution in [3.8, 4) is 0 Å². The minimum absolute atomic E-state index is 0.123. The molecule has 2 N–H and O–H groups in total. The fourth-order valence-electron chi connectivity index (χ4n) is 2.51. The molecule has 0 amide bonds. The van der Waals surface area contributed by atoms with Gasteiger partial charge < -0.3 is 14.9 Å². The Morgan fingerprint density at radius 2 is 1.52 bits per heavy atom. The number of esters is 1.